The third kappa shape index (κ3) is 3.99. The smallest absolute Gasteiger partial charge is 0.128 e. The maximum atomic E-state index is 15.5. The van der Waals surface area contributed by atoms with Crippen LogP contribution in [-0.4, -0.2) is 69.9 Å². The molecule has 6 rings (SSSR count). The summed E-state index contributed by atoms with van der Waals surface area (Å²) in [4.78, 5) is 7.15. The molecular formula is C27H25B3FN5O2. The van der Waals surface area contributed by atoms with Crippen molar-refractivity contribution in [2.24, 2.45) is 13.0 Å². The number of hydrogen-bond donors (Lipinski definition) is 0. The van der Waals surface area contributed by atoms with Crippen molar-refractivity contribution in [2.45, 2.75) is 30.0 Å². The van der Waals surface area contributed by atoms with Crippen LogP contribution in [0, 0.1) is 11.7 Å². The second-order valence-corrected chi connectivity index (χ2v) is 10.0. The van der Waals surface area contributed by atoms with E-state index in [0.717, 1.165) is 35.6 Å². The molecule has 186 valence electrons. The Balaban J connectivity index is 1.57. The van der Waals surface area contributed by atoms with E-state index < -0.39 is 5.11 Å². The number of ether oxygens (including phenoxy) is 2. The van der Waals surface area contributed by atoms with Crippen molar-refractivity contribution in [2.75, 3.05) is 25.2 Å². The van der Waals surface area contributed by atoms with E-state index >= 15 is 4.39 Å². The molecule has 1 unspecified atom stereocenters. The molecule has 3 aliphatic rings. The molecule has 7 nitrogen and oxygen atoms in total. The summed E-state index contributed by atoms with van der Waals surface area (Å²) in [6.07, 6.45) is 7.42. The van der Waals surface area contributed by atoms with Crippen molar-refractivity contribution in [1.82, 2.24) is 20.0 Å². The molecule has 3 aromatic rings. The first-order valence-corrected chi connectivity index (χ1v) is 12.6. The highest BCUT2D eigenvalue weighted by atomic mass is 19.1. The predicted octanol–water partition coefficient (Wildman–Crippen LogP) is 2.92. The molecule has 4 heterocycles. The Kier molecular flexibility index (Phi) is 6.21. The van der Waals surface area contributed by atoms with E-state index in [1.165, 1.54) is 6.07 Å². The molecule has 6 radical (unpaired) electrons. The van der Waals surface area contributed by atoms with Gasteiger partial charge in [0, 0.05) is 43.2 Å². The Morgan fingerprint density at radius 2 is 1.95 bits per heavy atom. The van der Waals surface area contributed by atoms with Gasteiger partial charge < -0.3 is 14.4 Å². The predicted molar refractivity (Wildman–Crippen MR) is 145 cm³/mol. The van der Waals surface area contributed by atoms with Crippen LogP contribution in [0.3, 0.4) is 0 Å². The molecule has 11 heteroatoms. The minimum Gasteiger partial charge on any atom is -0.496 e. The standard InChI is InChI=1S/C27H25B3FN5O2/c1-35-25(26(33-34-35)27(28,29)30)16-13-20-23(32-14-16)22-19(7-8-21(22)37-2)36(20)24(15-9-11-38-12-10-15)17-5-3-4-6-18(17)31/h3-8,13-15,19,24H,9-12H2,1-2H3/t19?,24-/m0/s1. The van der Waals surface area contributed by atoms with Crippen LogP contribution in [0.2, 0.25) is 0 Å². The lowest BCUT2D eigenvalue weighted by molar-refractivity contribution is 0.0568. The fourth-order valence-electron chi connectivity index (χ4n) is 5.99. The number of fused-ring (bicyclic) bond motifs is 3. The van der Waals surface area contributed by atoms with E-state index in [0.29, 0.717) is 30.0 Å². The lowest BCUT2D eigenvalue weighted by Crippen LogP contribution is -2.40. The third-order valence-corrected chi connectivity index (χ3v) is 7.66. The van der Waals surface area contributed by atoms with Crippen molar-refractivity contribution in [3.8, 4) is 11.3 Å². The first-order chi connectivity index (χ1) is 18.3. The van der Waals surface area contributed by atoms with Crippen LogP contribution in [0.1, 0.15) is 35.8 Å². The van der Waals surface area contributed by atoms with Crippen LogP contribution >= 0.6 is 0 Å². The van der Waals surface area contributed by atoms with E-state index in [9.17, 15) is 0 Å². The second kappa shape index (κ2) is 9.45. The number of pyridine rings is 1. The zero-order valence-electron chi connectivity index (χ0n) is 21.3. The molecule has 2 aromatic heterocycles. The zero-order chi connectivity index (χ0) is 26.6. The number of aromatic nitrogens is 4. The Hall–Kier alpha value is -3.33. The number of nitrogens with zero attached hydrogens (tertiary/aromatic N) is 5. The molecule has 2 aliphatic heterocycles. The normalized spacial score (nSPS) is 20.1. The molecule has 1 saturated heterocycles. The van der Waals surface area contributed by atoms with Gasteiger partial charge in [-0.1, -0.05) is 34.6 Å². The summed E-state index contributed by atoms with van der Waals surface area (Å²) in [6, 6.07) is 8.57. The monoisotopic (exact) mass is 503 g/mol. The van der Waals surface area contributed by atoms with Gasteiger partial charge in [0.1, 0.15) is 11.6 Å². The lowest BCUT2D eigenvalue weighted by Gasteiger charge is -2.41. The van der Waals surface area contributed by atoms with Crippen LogP contribution in [-0.2, 0) is 21.6 Å². The number of benzene rings is 1. The molecule has 1 aliphatic carbocycles. The molecule has 0 saturated carbocycles. The summed E-state index contributed by atoms with van der Waals surface area (Å²) in [5.74, 6) is 0.666. The number of anilines is 1. The highest BCUT2D eigenvalue weighted by Crippen LogP contribution is 2.52. The first kappa shape index (κ1) is 25.0. The van der Waals surface area contributed by atoms with E-state index in [-0.39, 0.29) is 29.5 Å². The molecular weight excluding hydrogens is 478 g/mol. The summed E-state index contributed by atoms with van der Waals surface area (Å²) < 4.78 is 28.4. The quantitative estimate of drug-likeness (QED) is 0.483. The molecule has 0 amide bonds. The fourth-order valence-corrected chi connectivity index (χ4v) is 5.99. The van der Waals surface area contributed by atoms with Gasteiger partial charge >= 0.3 is 0 Å². The van der Waals surface area contributed by atoms with Crippen molar-refractivity contribution >= 4 is 34.8 Å². The van der Waals surface area contributed by atoms with Crippen LogP contribution in [0.25, 0.3) is 16.8 Å². The van der Waals surface area contributed by atoms with Crippen molar-refractivity contribution in [3.05, 3.63) is 77.2 Å². The van der Waals surface area contributed by atoms with Gasteiger partial charge in [-0.3, -0.25) is 4.98 Å². The summed E-state index contributed by atoms with van der Waals surface area (Å²) in [5, 5.41) is 6.53. The minimum absolute atomic E-state index is 0.162. The number of rotatable bonds is 6. The van der Waals surface area contributed by atoms with Gasteiger partial charge in [-0.2, -0.15) is 0 Å². The van der Waals surface area contributed by atoms with E-state index in [4.69, 9.17) is 38.0 Å². The molecule has 0 bridgehead atoms. The SMILES string of the molecule is [B]C([B])([B])c1nnn(C)c1-c1cnc2c(c1)N([C@H](c1ccccc1F)C1CCOCC1)C1C=CC(OC)=C21. The van der Waals surface area contributed by atoms with Gasteiger partial charge in [0.2, 0.25) is 0 Å². The Morgan fingerprint density at radius 1 is 1.18 bits per heavy atom. The molecule has 0 N–H and O–H groups in total. The topological polar surface area (TPSA) is 65.3 Å². The highest BCUT2D eigenvalue weighted by molar-refractivity contribution is 6.59. The summed E-state index contributed by atoms with van der Waals surface area (Å²) >= 11 is 0. The number of halogens is 1. The van der Waals surface area contributed by atoms with Crippen molar-refractivity contribution < 1.29 is 13.9 Å². The van der Waals surface area contributed by atoms with Gasteiger partial charge in [0.25, 0.3) is 0 Å². The van der Waals surface area contributed by atoms with E-state index in [1.54, 1.807) is 31.1 Å². The Bertz CT molecular complexity index is 1440. The van der Waals surface area contributed by atoms with Gasteiger partial charge in [-0.15, -0.1) is 5.10 Å². The summed E-state index contributed by atoms with van der Waals surface area (Å²) in [6.45, 7) is 1.27. The minimum atomic E-state index is -1.69. The van der Waals surface area contributed by atoms with Crippen LogP contribution in [0.4, 0.5) is 10.1 Å². The average Bonchev–Trinajstić information content (AvgIpc) is 3.59. The van der Waals surface area contributed by atoms with Gasteiger partial charge in [-0.05, 0) is 37.0 Å². The third-order valence-electron chi connectivity index (χ3n) is 7.66. The Labute approximate surface area is 225 Å². The van der Waals surface area contributed by atoms with Crippen LogP contribution < -0.4 is 4.90 Å². The lowest BCUT2D eigenvalue weighted by atomic mass is 9.41. The fraction of sp³-hybridized carbons (Fsp3) is 0.370. The average molecular weight is 503 g/mol. The Morgan fingerprint density at radius 3 is 2.66 bits per heavy atom. The van der Waals surface area contributed by atoms with Gasteiger partial charge in [0.05, 0.1) is 65.5 Å². The maximum Gasteiger partial charge on any atom is 0.128 e. The largest absolute Gasteiger partial charge is 0.496 e. The summed E-state index contributed by atoms with van der Waals surface area (Å²) in [7, 11) is 21.5. The summed E-state index contributed by atoms with van der Waals surface area (Å²) in [5.41, 5.74) is 4.74. The van der Waals surface area contributed by atoms with Gasteiger partial charge in [0.15, 0.2) is 0 Å². The zero-order valence-corrected chi connectivity index (χ0v) is 21.3. The number of aryl methyl sites for hydroxylation is 1. The number of methoxy groups -OCH3 is 1. The van der Waals surface area contributed by atoms with Crippen LogP contribution in [0.15, 0.2) is 54.4 Å². The van der Waals surface area contributed by atoms with E-state index in [1.807, 2.05) is 24.3 Å². The molecule has 38 heavy (non-hydrogen) atoms. The first-order valence-electron chi connectivity index (χ1n) is 12.6. The molecule has 1 aromatic carbocycles. The number of hydrogen-bond acceptors (Lipinski definition) is 6. The maximum absolute atomic E-state index is 15.5. The van der Waals surface area contributed by atoms with Crippen molar-refractivity contribution in [1.29, 1.82) is 0 Å². The van der Waals surface area contributed by atoms with Gasteiger partial charge in [-0.25, -0.2) is 9.07 Å². The van der Waals surface area contributed by atoms with Crippen LogP contribution in [0.5, 0.6) is 0 Å². The number of allylic oxidation sites excluding steroid dienone is 1. The second-order valence-electron chi connectivity index (χ2n) is 10.0. The molecule has 2 atom stereocenters. The molecule has 1 fully saturated rings. The van der Waals surface area contributed by atoms with Crippen molar-refractivity contribution in [3.63, 3.8) is 0 Å². The van der Waals surface area contributed by atoms with E-state index in [2.05, 4.69) is 21.3 Å². The highest BCUT2D eigenvalue weighted by Gasteiger charge is 2.45. The molecule has 0 spiro atoms.